The van der Waals surface area contributed by atoms with E-state index in [1.165, 1.54) is 0 Å². The molecule has 0 aliphatic carbocycles. The van der Waals surface area contributed by atoms with Crippen molar-refractivity contribution in [2.45, 2.75) is 5.60 Å². The van der Waals surface area contributed by atoms with E-state index in [1.807, 2.05) is 12.1 Å². The van der Waals surface area contributed by atoms with E-state index >= 15 is 0 Å². The first-order chi connectivity index (χ1) is 8.66. The third-order valence-corrected chi connectivity index (χ3v) is 3.24. The van der Waals surface area contributed by atoms with E-state index in [2.05, 4.69) is 15.6 Å². The molecule has 1 aliphatic rings. The second-order valence-electron chi connectivity index (χ2n) is 4.75. The highest BCUT2D eigenvalue weighted by molar-refractivity contribution is 5.92. The van der Waals surface area contributed by atoms with Gasteiger partial charge in [-0.15, -0.1) is 0 Å². The number of rotatable bonds is 3. The Kier molecular flexibility index (Phi) is 2.57. The summed E-state index contributed by atoms with van der Waals surface area (Å²) >= 11 is 0. The third kappa shape index (κ3) is 1.98. The molecule has 5 nitrogen and oxygen atoms in total. The van der Waals surface area contributed by atoms with Crippen LogP contribution in [-0.2, 0) is 0 Å². The zero-order valence-electron chi connectivity index (χ0n) is 9.85. The van der Waals surface area contributed by atoms with Gasteiger partial charge in [-0.3, -0.25) is 0 Å². The molecule has 4 N–H and O–H groups in total. The molecule has 0 unspecified atom stereocenters. The molecule has 18 heavy (non-hydrogen) atoms. The summed E-state index contributed by atoms with van der Waals surface area (Å²) in [5, 5.41) is 27.6. The molecule has 1 aliphatic heterocycles. The van der Waals surface area contributed by atoms with E-state index in [0.717, 1.165) is 10.8 Å². The van der Waals surface area contributed by atoms with Gasteiger partial charge in [0.25, 0.3) is 0 Å². The fourth-order valence-corrected chi connectivity index (χ4v) is 2.08. The van der Waals surface area contributed by atoms with Crippen LogP contribution in [-0.4, -0.2) is 40.4 Å². The zero-order valence-corrected chi connectivity index (χ0v) is 9.85. The highest BCUT2D eigenvalue weighted by atomic mass is 16.3. The molecule has 2 aromatic rings. The number of hydrogen-bond acceptors (Lipinski definition) is 5. The standard InChI is InChI=1S/C13H15N3O2/c17-10-2-1-9-3-4-15-12(11(9)5-10)16-8-13(18)6-14-7-13/h1-5,14,17-18H,6-8H2,(H,15,16). The molecule has 2 heterocycles. The number of pyridine rings is 1. The second-order valence-corrected chi connectivity index (χ2v) is 4.75. The third-order valence-electron chi connectivity index (χ3n) is 3.24. The van der Waals surface area contributed by atoms with Gasteiger partial charge in [-0.25, -0.2) is 4.98 Å². The Bertz CT molecular complexity index is 581. The van der Waals surface area contributed by atoms with Crippen LogP contribution in [0, 0.1) is 0 Å². The van der Waals surface area contributed by atoms with Gasteiger partial charge < -0.3 is 20.8 Å². The van der Waals surface area contributed by atoms with Crippen molar-refractivity contribution in [2.24, 2.45) is 0 Å². The minimum Gasteiger partial charge on any atom is -0.508 e. The number of aromatic nitrogens is 1. The predicted octanol–water partition coefficient (Wildman–Crippen LogP) is 0.687. The summed E-state index contributed by atoms with van der Waals surface area (Å²) < 4.78 is 0. The monoisotopic (exact) mass is 245 g/mol. The Morgan fingerprint density at radius 3 is 2.89 bits per heavy atom. The van der Waals surface area contributed by atoms with Crippen molar-refractivity contribution in [3.05, 3.63) is 30.5 Å². The van der Waals surface area contributed by atoms with E-state index in [-0.39, 0.29) is 5.75 Å². The maximum atomic E-state index is 10.00. The van der Waals surface area contributed by atoms with Crippen molar-refractivity contribution < 1.29 is 10.2 Å². The molecular formula is C13H15N3O2. The first kappa shape index (κ1) is 11.3. The molecule has 0 amide bonds. The normalized spacial score (nSPS) is 17.4. The Labute approximate surface area is 104 Å². The summed E-state index contributed by atoms with van der Waals surface area (Å²) in [4.78, 5) is 4.26. The maximum Gasteiger partial charge on any atom is 0.134 e. The minimum atomic E-state index is -0.694. The van der Waals surface area contributed by atoms with Gasteiger partial charge in [0.15, 0.2) is 0 Å². The fourth-order valence-electron chi connectivity index (χ4n) is 2.08. The van der Waals surface area contributed by atoms with E-state index in [4.69, 9.17) is 0 Å². The average molecular weight is 245 g/mol. The fraction of sp³-hybridized carbons (Fsp3) is 0.308. The zero-order chi connectivity index (χ0) is 12.6. The Morgan fingerprint density at radius 2 is 2.17 bits per heavy atom. The molecule has 1 aromatic heterocycles. The lowest BCUT2D eigenvalue weighted by Crippen LogP contribution is -2.63. The van der Waals surface area contributed by atoms with Crippen molar-refractivity contribution >= 4 is 16.6 Å². The van der Waals surface area contributed by atoms with Crippen LogP contribution < -0.4 is 10.6 Å². The van der Waals surface area contributed by atoms with Gasteiger partial charge in [-0.05, 0) is 23.6 Å². The number of β-amino-alcohol motifs (C(OH)–C–C–N with tert-alkyl or cyclic N) is 1. The van der Waals surface area contributed by atoms with Gasteiger partial charge in [0.05, 0.1) is 0 Å². The first-order valence-corrected chi connectivity index (χ1v) is 5.91. The molecular weight excluding hydrogens is 230 g/mol. The summed E-state index contributed by atoms with van der Waals surface area (Å²) in [6.07, 6.45) is 1.71. The lowest BCUT2D eigenvalue weighted by atomic mass is 9.97. The number of nitrogens with one attached hydrogen (secondary N) is 2. The Morgan fingerprint density at radius 1 is 1.33 bits per heavy atom. The lowest BCUT2D eigenvalue weighted by Gasteiger charge is -2.37. The van der Waals surface area contributed by atoms with Crippen LogP contribution in [0.4, 0.5) is 5.82 Å². The number of phenols is 1. The van der Waals surface area contributed by atoms with Crippen LogP contribution in [0.25, 0.3) is 10.8 Å². The molecule has 0 saturated carbocycles. The SMILES string of the molecule is Oc1ccc2ccnc(NCC3(O)CNC3)c2c1. The van der Waals surface area contributed by atoms with Crippen LogP contribution in [0.2, 0.25) is 0 Å². The topological polar surface area (TPSA) is 77.4 Å². The van der Waals surface area contributed by atoms with Crippen LogP contribution in [0.5, 0.6) is 5.75 Å². The van der Waals surface area contributed by atoms with E-state index in [9.17, 15) is 10.2 Å². The average Bonchev–Trinajstić information content (AvgIpc) is 2.34. The molecule has 0 bridgehead atoms. The Hall–Kier alpha value is -1.85. The van der Waals surface area contributed by atoms with E-state index in [1.54, 1.807) is 18.3 Å². The molecule has 1 saturated heterocycles. The summed E-state index contributed by atoms with van der Waals surface area (Å²) in [6, 6.07) is 7.06. The molecule has 1 aromatic carbocycles. The van der Waals surface area contributed by atoms with Crippen molar-refractivity contribution in [1.29, 1.82) is 0 Å². The summed E-state index contributed by atoms with van der Waals surface area (Å²) in [5.74, 6) is 0.895. The van der Waals surface area contributed by atoms with E-state index in [0.29, 0.717) is 25.5 Å². The molecule has 5 heteroatoms. The van der Waals surface area contributed by atoms with Gasteiger partial charge in [0, 0.05) is 31.2 Å². The number of aliphatic hydroxyl groups is 1. The van der Waals surface area contributed by atoms with Crippen molar-refractivity contribution in [3.63, 3.8) is 0 Å². The van der Waals surface area contributed by atoms with Gasteiger partial charge >= 0.3 is 0 Å². The van der Waals surface area contributed by atoms with Gasteiger partial charge in [-0.1, -0.05) is 6.07 Å². The van der Waals surface area contributed by atoms with E-state index < -0.39 is 5.60 Å². The molecule has 1 fully saturated rings. The quantitative estimate of drug-likeness (QED) is 0.640. The molecule has 94 valence electrons. The summed E-state index contributed by atoms with van der Waals surface area (Å²) in [6.45, 7) is 1.63. The summed E-state index contributed by atoms with van der Waals surface area (Å²) in [5.41, 5.74) is -0.694. The number of anilines is 1. The van der Waals surface area contributed by atoms with Crippen LogP contribution in [0.1, 0.15) is 0 Å². The van der Waals surface area contributed by atoms with Gasteiger partial charge in [0.1, 0.15) is 17.2 Å². The lowest BCUT2D eigenvalue weighted by molar-refractivity contribution is 0.00309. The van der Waals surface area contributed by atoms with Crippen molar-refractivity contribution in [1.82, 2.24) is 10.3 Å². The summed E-state index contributed by atoms with van der Waals surface area (Å²) in [7, 11) is 0. The largest absolute Gasteiger partial charge is 0.508 e. The van der Waals surface area contributed by atoms with Crippen LogP contribution in [0.15, 0.2) is 30.5 Å². The van der Waals surface area contributed by atoms with Crippen LogP contribution >= 0.6 is 0 Å². The van der Waals surface area contributed by atoms with Gasteiger partial charge in [-0.2, -0.15) is 0 Å². The predicted molar refractivity (Wildman–Crippen MR) is 69.7 cm³/mol. The highest BCUT2D eigenvalue weighted by Gasteiger charge is 2.33. The molecule has 0 radical (unpaired) electrons. The maximum absolute atomic E-state index is 10.00. The number of aromatic hydroxyl groups is 1. The molecule has 3 rings (SSSR count). The second kappa shape index (κ2) is 4.12. The van der Waals surface area contributed by atoms with Crippen molar-refractivity contribution in [2.75, 3.05) is 25.0 Å². The first-order valence-electron chi connectivity index (χ1n) is 5.91. The number of fused-ring (bicyclic) bond motifs is 1. The molecule has 0 atom stereocenters. The van der Waals surface area contributed by atoms with Crippen molar-refractivity contribution in [3.8, 4) is 5.75 Å². The number of phenolic OH excluding ortho intramolecular Hbond substituents is 1. The number of benzene rings is 1. The smallest absolute Gasteiger partial charge is 0.134 e. The van der Waals surface area contributed by atoms with Crippen LogP contribution in [0.3, 0.4) is 0 Å². The number of nitrogens with zero attached hydrogens (tertiary/aromatic N) is 1. The number of hydrogen-bond donors (Lipinski definition) is 4. The molecule has 0 spiro atoms. The highest BCUT2D eigenvalue weighted by Crippen LogP contribution is 2.25. The Balaban J connectivity index is 1.88. The minimum absolute atomic E-state index is 0.211. The van der Waals surface area contributed by atoms with Gasteiger partial charge in [0.2, 0.25) is 0 Å².